The lowest BCUT2D eigenvalue weighted by Crippen LogP contribution is -2.30. The molecule has 0 aliphatic rings. The van der Waals surface area contributed by atoms with Crippen LogP contribution in [0.1, 0.15) is 27.6 Å². The Morgan fingerprint density at radius 1 is 0.756 bits per heavy atom. The smallest absolute Gasteiger partial charge is 0.272 e. The molecule has 1 unspecified atom stereocenters. The van der Waals surface area contributed by atoms with Gasteiger partial charge in [0.05, 0.1) is 16.3 Å². The quantitative estimate of drug-likeness (QED) is 0.130. The van der Waals surface area contributed by atoms with Gasteiger partial charge in [-0.3, -0.25) is 19.0 Å². The molecule has 0 saturated heterocycles. The van der Waals surface area contributed by atoms with Gasteiger partial charge in [0.25, 0.3) is 11.8 Å². The maximum Gasteiger partial charge on any atom is 0.272 e. The van der Waals surface area contributed by atoms with Crippen LogP contribution >= 0.6 is 23.4 Å². The van der Waals surface area contributed by atoms with Gasteiger partial charge in [-0.1, -0.05) is 78.3 Å². The van der Waals surface area contributed by atoms with Gasteiger partial charge in [0, 0.05) is 31.9 Å². The molecule has 1 heterocycles. The summed E-state index contributed by atoms with van der Waals surface area (Å²) in [6.07, 6.45) is 1.58. The first-order valence-electron chi connectivity index (χ1n) is 14.3. The molecule has 0 fully saturated rings. The van der Waals surface area contributed by atoms with Crippen LogP contribution < -0.4 is 10.6 Å². The van der Waals surface area contributed by atoms with Crippen molar-refractivity contribution in [1.29, 1.82) is 0 Å². The Labute approximate surface area is 269 Å². The van der Waals surface area contributed by atoms with E-state index in [9.17, 15) is 14.4 Å². The van der Waals surface area contributed by atoms with E-state index in [0.717, 1.165) is 26.7 Å². The molecule has 0 saturated carbocycles. The van der Waals surface area contributed by atoms with Crippen molar-refractivity contribution in [3.63, 3.8) is 0 Å². The Balaban J connectivity index is 1.18. The molecule has 5 aromatic carbocycles. The van der Waals surface area contributed by atoms with Gasteiger partial charge in [0.2, 0.25) is 5.91 Å². The molecule has 222 valence electrons. The fourth-order valence-corrected chi connectivity index (χ4v) is 6.22. The summed E-state index contributed by atoms with van der Waals surface area (Å²) in [6.45, 7) is 1.90. The first-order valence-corrected chi connectivity index (χ1v) is 15.6. The van der Waals surface area contributed by atoms with Crippen molar-refractivity contribution in [2.45, 2.75) is 17.1 Å². The predicted molar refractivity (Wildman–Crippen MR) is 184 cm³/mol. The lowest BCUT2D eigenvalue weighted by atomic mass is 10.1. The van der Waals surface area contributed by atoms with Crippen molar-refractivity contribution in [3.8, 4) is 0 Å². The zero-order valence-corrected chi connectivity index (χ0v) is 25.8. The minimum Gasteiger partial charge on any atom is -0.321 e. The van der Waals surface area contributed by atoms with Crippen LogP contribution in [0, 0.1) is 0 Å². The van der Waals surface area contributed by atoms with E-state index in [1.54, 1.807) is 71.3 Å². The van der Waals surface area contributed by atoms with Gasteiger partial charge < -0.3 is 10.6 Å². The van der Waals surface area contributed by atoms with Crippen molar-refractivity contribution >= 4 is 74.7 Å². The summed E-state index contributed by atoms with van der Waals surface area (Å²) in [7, 11) is 0. The summed E-state index contributed by atoms with van der Waals surface area (Å²) in [5, 5.41) is 7.83. The van der Waals surface area contributed by atoms with Gasteiger partial charge in [-0.05, 0) is 79.2 Å². The van der Waals surface area contributed by atoms with Crippen LogP contribution in [0.3, 0.4) is 0 Å². The highest BCUT2D eigenvalue weighted by Crippen LogP contribution is 2.32. The molecule has 6 nitrogen and oxygen atoms in total. The molecule has 0 aliphatic carbocycles. The molecule has 45 heavy (non-hydrogen) atoms. The summed E-state index contributed by atoms with van der Waals surface area (Å²) in [4.78, 5) is 40.9. The molecule has 8 heteroatoms. The number of thioether (sulfide) groups is 1. The number of benzene rings is 5. The monoisotopic (exact) mass is 629 g/mol. The molecule has 2 amide bonds. The highest BCUT2D eigenvalue weighted by molar-refractivity contribution is 8.00. The minimum absolute atomic E-state index is 0.0141. The van der Waals surface area contributed by atoms with E-state index >= 15 is 0 Å². The third-order valence-electron chi connectivity index (χ3n) is 7.26. The predicted octanol–water partition coefficient (Wildman–Crippen LogP) is 8.68. The molecule has 0 radical (unpaired) electrons. The van der Waals surface area contributed by atoms with Crippen molar-refractivity contribution in [2.24, 2.45) is 0 Å². The molecule has 6 rings (SSSR count). The molecule has 0 bridgehead atoms. The number of aromatic nitrogens is 1. The van der Waals surface area contributed by atoms with Crippen molar-refractivity contribution in [1.82, 2.24) is 9.88 Å². The standard InChI is InChI=1S/C37H28ClN3O3S/c1-24(37(44)41-33-16-7-5-14-30(33)31-15-6-8-17-34(31)41)45-29-20-18-28(19-21-29)39-36(43)32(23-25-10-9-13-27(38)22-25)40-35(42)26-11-3-2-4-12-26/h2-24H,1H3,(H,39,43)(H,40,42)/b32-23-. The zero-order chi connectivity index (χ0) is 31.3. The number of para-hydroxylation sites is 2. The SMILES string of the molecule is CC(Sc1ccc(NC(=O)/C(=C/c2cccc(Cl)c2)NC(=O)c2ccccc2)cc1)C(=O)n1c2ccccc2c2ccccc21. The number of rotatable bonds is 8. The first kappa shape index (κ1) is 29.9. The fourth-order valence-electron chi connectivity index (χ4n) is 5.12. The maximum atomic E-state index is 13.7. The molecule has 1 aromatic heterocycles. The summed E-state index contributed by atoms with van der Waals surface area (Å²) >= 11 is 7.59. The van der Waals surface area contributed by atoms with E-state index in [4.69, 9.17) is 11.6 Å². The molecule has 2 N–H and O–H groups in total. The molecular formula is C37H28ClN3O3S. The second kappa shape index (κ2) is 13.3. The van der Waals surface area contributed by atoms with Crippen LogP contribution in [0.25, 0.3) is 27.9 Å². The zero-order valence-electron chi connectivity index (χ0n) is 24.2. The molecular weight excluding hydrogens is 602 g/mol. The summed E-state index contributed by atoms with van der Waals surface area (Å²) < 4.78 is 1.80. The highest BCUT2D eigenvalue weighted by atomic mass is 35.5. The van der Waals surface area contributed by atoms with Gasteiger partial charge in [-0.25, -0.2) is 0 Å². The van der Waals surface area contributed by atoms with Crippen LogP contribution in [0.15, 0.2) is 138 Å². The lowest BCUT2D eigenvalue weighted by Gasteiger charge is -2.14. The third-order valence-corrected chi connectivity index (χ3v) is 8.60. The topological polar surface area (TPSA) is 80.2 Å². The Bertz CT molecular complexity index is 2020. The van der Waals surface area contributed by atoms with Gasteiger partial charge in [0.15, 0.2) is 0 Å². The van der Waals surface area contributed by atoms with Crippen LogP contribution in [0.4, 0.5) is 5.69 Å². The fraction of sp³-hybridized carbons (Fsp3) is 0.0541. The average molecular weight is 630 g/mol. The number of nitrogens with zero attached hydrogens (tertiary/aromatic N) is 1. The molecule has 1 atom stereocenters. The number of nitrogens with one attached hydrogen (secondary N) is 2. The lowest BCUT2D eigenvalue weighted by molar-refractivity contribution is -0.113. The van der Waals surface area contributed by atoms with Crippen molar-refractivity contribution in [3.05, 3.63) is 149 Å². The van der Waals surface area contributed by atoms with E-state index in [2.05, 4.69) is 10.6 Å². The number of anilines is 1. The number of hydrogen-bond acceptors (Lipinski definition) is 4. The van der Waals surface area contributed by atoms with E-state index in [-0.39, 0.29) is 16.9 Å². The van der Waals surface area contributed by atoms with Gasteiger partial charge in [0.1, 0.15) is 5.70 Å². The van der Waals surface area contributed by atoms with Crippen LogP contribution in [0.5, 0.6) is 0 Å². The normalized spacial score (nSPS) is 12.2. The second-order valence-electron chi connectivity index (χ2n) is 10.4. The largest absolute Gasteiger partial charge is 0.321 e. The Hall–Kier alpha value is -5.11. The molecule has 6 aromatic rings. The van der Waals surface area contributed by atoms with Gasteiger partial charge >= 0.3 is 0 Å². The van der Waals surface area contributed by atoms with Crippen molar-refractivity contribution < 1.29 is 14.4 Å². The van der Waals surface area contributed by atoms with Crippen molar-refractivity contribution in [2.75, 3.05) is 5.32 Å². The summed E-state index contributed by atoms with van der Waals surface area (Å²) in [5.41, 5.74) is 3.46. The van der Waals surface area contributed by atoms with E-state index in [0.29, 0.717) is 21.8 Å². The Morgan fingerprint density at radius 3 is 2.02 bits per heavy atom. The van der Waals surface area contributed by atoms with E-state index in [1.807, 2.05) is 73.7 Å². The van der Waals surface area contributed by atoms with E-state index < -0.39 is 11.8 Å². The number of halogens is 1. The number of carbonyl (C=O) groups excluding carboxylic acids is 3. The number of carbonyl (C=O) groups is 3. The summed E-state index contributed by atoms with van der Waals surface area (Å²) in [5.74, 6) is -0.915. The first-order chi connectivity index (χ1) is 21.9. The summed E-state index contributed by atoms with van der Waals surface area (Å²) in [6, 6.07) is 38.8. The maximum absolute atomic E-state index is 13.7. The second-order valence-corrected chi connectivity index (χ2v) is 12.2. The van der Waals surface area contributed by atoms with Crippen LogP contribution in [0.2, 0.25) is 5.02 Å². The molecule has 0 spiro atoms. The molecule has 0 aliphatic heterocycles. The average Bonchev–Trinajstić information content (AvgIpc) is 3.39. The highest BCUT2D eigenvalue weighted by Gasteiger charge is 2.22. The van der Waals surface area contributed by atoms with Gasteiger partial charge in [-0.15, -0.1) is 11.8 Å². The number of fused-ring (bicyclic) bond motifs is 3. The van der Waals surface area contributed by atoms with Crippen LogP contribution in [-0.4, -0.2) is 27.5 Å². The number of hydrogen-bond donors (Lipinski definition) is 2. The number of amides is 2. The minimum atomic E-state index is -0.491. The Kier molecular flexibility index (Phi) is 8.82. The Morgan fingerprint density at radius 2 is 1.38 bits per heavy atom. The van der Waals surface area contributed by atoms with E-state index in [1.165, 1.54) is 11.8 Å². The third kappa shape index (κ3) is 6.70. The van der Waals surface area contributed by atoms with Crippen LogP contribution in [-0.2, 0) is 4.79 Å². The van der Waals surface area contributed by atoms with Gasteiger partial charge in [-0.2, -0.15) is 0 Å².